The maximum absolute atomic E-state index is 10.6. The minimum absolute atomic E-state index is 0.134. The zero-order valence-corrected chi connectivity index (χ0v) is 12.0. The summed E-state index contributed by atoms with van der Waals surface area (Å²) in [6.45, 7) is 3.73. The lowest BCUT2D eigenvalue weighted by Crippen LogP contribution is -2.05. The average Bonchev–Trinajstić information content (AvgIpc) is 2.55. The monoisotopic (exact) mass is 293 g/mol. The van der Waals surface area contributed by atoms with Crippen LogP contribution in [0, 0.1) is 11.3 Å². The van der Waals surface area contributed by atoms with Crippen LogP contribution in [0.15, 0.2) is 60.7 Å². The molecule has 0 aromatic heterocycles. The van der Waals surface area contributed by atoms with E-state index in [4.69, 9.17) is 15.1 Å². The summed E-state index contributed by atoms with van der Waals surface area (Å²) < 4.78 is 5.49. The van der Waals surface area contributed by atoms with Crippen molar-refractivity contribution in [1.82, 2.24) is 0 Å². The number of carboxylic acid groups (broad SMARTS) is 1. The third-order valence-electron chi connectivity index (χ3n) is 3.18. The van der Waals surface area contributed by atoms with Gasteiger partial charge in [0.2, 0.25) is 0 Å². The summed E-state index contributed by atoms with van der Waals surface area (Å²) >= 11 is 0. The van der Waals surface area contributed by atoms with E-state index in [-0.39, 0.29) is 18.6 Å². The number of hydrogen-bond acceptors (Lipinski definition) is 3. The molecule has 2 rings (SSSR count). The molecule has 1 N–H and O–H groups in total. The first-order chi connectivity index (χ1) is 10.6. The SMILES string of the molecule is C=C(CCOc1ccc(-c2ccc(C#N)cc2)cc1)C(=O)O. The Labute approximate surface area is 128 Å². The van der Waals surface area contributed by atoms with Crippen molar-refractivity contribution < 1.29 is 14.6 Å². The van der Waals surface area contributed by atoms with Crippen LogP contribution >= 0.6 is 0 Å². The van der Waals surface area contributed by atoms with Gasteiger partial charge in [-0.25, -0.2) is 4.79 Å². The molecule has 0 bridgehead atoms. The number of aliphatic carboxylic acids is 1. The highest BCUT2D eigenvalue weighted by atomic mass is 16.5. The smallest absolute Gasteiger partial charge is 0.331 e. The molecule has 0 fully saturated rings. The quantitative estimate of drug-likeness (QED) is 0.825. The molecule has 0 aliphatic carbocycles. The van der Waals surface area contributed by atoms with E-state index in [2.05, 4.69) is 12.6 Å². The Morgan fingerprint density at radius 1 is 1.09 bits per heavy atom. The van der Waals surface area contributed by atoms with Crippen molar-refractivity contribution in [3.05, 3.63) is 66.2 Å². The van der Waals surface area contributed by atoms with Gasteiger partial charge >= 0.3 is 5.97 Å². The van der Waals surface area contributed by atoms with Crippen LogP contribution in [0.2, 0.25) is 0 Å². The van der Waals surface area contributed by atoms with Crippen LogP contribution in [0.3, 0.4) is 0 Å². The van der Waals surface area contributed by atoms with Crippen LogP contribution in [0.5, 0.6) is 5.75 Å². The lowest BCUT2D eigenvalue weighted by Gasteiger charge is -2.07. The van der Waals surface area contributed by atoms with Gasteiger partial charge in [0.15, 0.2) is 0 Å². The molecule has 0 saturated carbocycles. The number of hydrogen-bond donors (Lipinski definition) is 1. The highest BCUT2D eigenvalue weighted by molar-refractivity contribution is 5.85. The van der Waals surface area contributed by atoms with Gasteiger partial charge in [-0.3, -0.25) is 0 Å². The lowest BCUT2D eigenvalue weighted by atomic mass is 10.0. The normalized spacial score (nSPS) is 9.77. The molecule has 0 aliphatic rings. The number of carbonyl (C=O) groups is 1. The average molecular weight is 293 g/mol. The number of benzene rings is 2. The summed E-state index contributed by atoms with van der Waals surface area (Å²) in [6.07, 6.45) is 0.284. The maximum Gasteiger partial charge on any atom is 0.331 e. The molecule has 2 aromatic rings. The second kappa shape index (κ2) is 7.09. The topological polar surface area (TPSA) is 70.3 Å². The summed E-state index contributed by atoms with van der Waals surface area (Å²) in [5.74, 6) is -0.324. The molecule has 0 spiro atoms. The number of carboxylic acids is 1. The van der Waals surface area contributed by atoms with E-state index in [1.165, 1.54) is 0 Å². The predicted octanol–water partition coefficient (Wildman–Crippen LogP) is 3.63. The molecule has 0 radical (unpaired) electrons. The Hall–Kier alpha value is -3.06. The number of ether oxygens (including phenoxy) is 1. The molecule has 0 heterocycles. The van der Waals surface area contributed by atoms with E-state index in [0.29, 0.717) is 11.3 Å². The molecule has 22 heavy (non-hydrogen) atoms. The van der Waals surface area contributed by atoms with Crippen LogP contribution < -0.4 is 4.74 Å². The van der Waals surface area contributed by atoms with E-state index >= 15 is 0 Å². The Bertz CT molecular complexity index is 709. The zero-order valence-electron chi connectivity index (χ0n) is 12.0. The van der Waals surface area contributed by atoms with Crippen LogP contribution in [-0.4, -0.2) is 17.7 Å². The second-order valence-electron chi connectivity index (χ2n) is 4.72. The van der Waals surface area contributed by atoms with Crippen molar-refractivity contribution in [3.8, 4) is 22.9 Å². The van der Waals surface area contributed by atoms with Gasteiger partial charge in [-0.05, 0) is 35.4 Å². The first-order valence-corrected chi connectivity index (χ1v) is 6.74. The van der Waals surface area contributed by atoms with Crippen LogP contribution in [-0.2, 0) is 4.79 Å². The molecule has 4 nitrogen and oxygen atoms in total. The number of nitrogens with zero attached hydrogens (tertiary/aromatic N) is 1. The fourth-order valence-electron chi connectivity index (χ4n) is 1.88. The van der Waals surface area contributed by atoms with Gasteiger partial charge in [0.05, 0.1) is 18.2 Å². The number of rotatable bonds is 6. The molecule has 0 aliphatic heterocycles. The number of nitriles is 1. The summed E-state index contributed by atoms with van der Waals surface area (Å²) in [7, 11) is 0. The molecule has 110 valence electrons. The Morgan fingerprint density at radius 2 is 1.64 bits per heavy atom. The fourth-order valence-corrected chi connectivity index (χ4v) is 1.88. The van der Waals surface area contributed by atoms with Gasteiger partial charge < -0.3 is 9.84 Å². The highest BCUT2D eigenvalue weighted by Crippen LogP contribution is 2.23. The van der Waals surface area contributed by atoms with Gasteiger partial charge in [0.1, 0.15) is 5.75 Å². The molecule has 0 saturated heterocycles. The molecule has 2 aromatic carbocycles. The van der Waals surface area contributed by atoms with Crippen LogP contribution in [0.25, 0.3) is 11.1 Å². The van der Waals surface area contributed by atoms with Crippen molar-refractivity contribution in [3.63, 3.8) is 0 Å². The van der Waals surface area contributed by atoms with Crippen molar-refractivity contribution in [2.45, 2.75) is 6.42 Å². The van der Waals surface area contributed by atoms with Gasteiger partial charge in [0.25, 0.3) is 0 Å². The van der Waals surface area contributed by atoms with Crippen molar-refractivity contribution in [2.24, 2.45) is 0 Å². The van der Waals surface area contributed by atoms with E-state index in [9.17, 15) is 4.79 Å². The molecule has 0 atom stereocenters. The minimum Gasteiger partial charge on any atom is -0.493 e. The zero-order chi connectivity index (χ0) is 15.9. The fraction of sp³-hybridized carbons (Fsp3) is 0.111. The summed E-state index contributed by atoms with van der Waals surface area (Å²) in [5, 5.41) is 17.5. The molecule has 0 amide bonds. The largest absolute Gasteiger partial charge is 0.493 e. The van der Waals surface area contributed by atoms with Crippen LogP contribution in [0.4, 0.5) is 0 Å². The first-order valence-electron chi connectivity index (χ1n) is 6.74. The minimum atomic E-state index is -1.00. The summed E-state index contributed by atoms with van der Waals surface area (Å²) in [5.41, 5.74) is 2.80. The second-order valence-corrected chi connectivity index (χ2v) is 4.72. The third kappa shape index (κ3) is 3.97. The molecule has 0 unspecified atom stereocenters. The molecular weight excluding hydrogens is 278 g/mol. The van der Waals surface area contributed by atoms with Gasteiger partial charge in [0, 0.05) is 12.0 Å². The van der Waals surface area contributed by atoms with E-state index in [1.807, 2.05) is 36.4 Å². The Morgan fingerprint density at radius 3 is 2.14 bits per heavy atom. The van der Waals surface area contributed by atoms with E-state index in [0.717, 1.165) is 11.1 Å². The highest BCUT2D eigenvalue weighted by Gasteiger charge is 2.04. The maximum atomic E-state index is 10.6. The third-order valence-corrected chi connectivity index (χ3v) is 3.18. The van der Waals surface area contributed by atoms with Crippen molar-refractivity contribution in [1.29, 1.82) is 5.26 Å². The summed E-state index contributed by atoms with van der Waals surface area (Å²) in [4.78, 5) is 10.6. The van der Waals surface area contributed by atoms with Crippen molar-refractivity contribution >= 4 is 5.97 Å². The van der Waals surface area contributed by atoms with Gasteiger partial charge in [-0.2, -0.15) is 5.26 Å². The first kappa shape index (κ1) is 15.3. The molecular formula is C18H15NO3. The van der Waals surface area contributed by atoms with E-state index < -0.39 is 5.97 Å². The lowest BCUT2D eigenvalue weighted by molar-refractivity contribution is -0.132. The van der Waals surface area contributed by atoms with E-state index in [1.54, 1.807) is 12.1 Å². The Kier molecular flexibility index (Phi) is 4.94. The Balaban J connectivity index is 1.96. The van der Waals surface area contributed by atoms with Crippen molar-refractivity contribution in [2.75, 3.05) is 6.61 Å². The van der Waals surface area contributed by atoms with Crippen LogP contribution in [0.1, 0.15) is 12.0 Å². The predicted molar refractivity (Wildman–Crippen MR) is 83.5 cm³/mol. The van der Waals surface area contributed by atoms with Gasteiger partial charge in [-0.1, -0.05) is 30.8 Å². The van der Waals surface area contributed by atoms with Gasteiger partial charge in [-0.15, -0.1) is 0 Å². The summed E-state index contributed by atoms with van der Waals surface area (Å²) in [6, 6.07) is 16.9. The standard InChI is InChI=1S/C18H15NO3/c1-13(18(20)21)10-11-22-17-8-6-16(7-9-17)15-4-2-14(12-19)3-5-15/h2-9H,1,10-11H2,(H,20,21). The molecule has 4 heteroatoms.